The summed E-state index contributed by atoms with van der Waals surface area (Å²) in [4.78, 5) is 9.49. The van der Waals surface area contributed by atoms with Crippen LogP contribution in [0.4, 0.5) is 13.2 Å². The van der Waals surface area contributed by atoms with Crippen molar-refractivity contribution in [2.75, 3.05) is 0 Å². The van der Waals surface area contributed by atoms with Gasteiger partial charge in [0.1, 0.15) is 0 Å². The molecule has 6 heteroatoms. The minimum atomic E-state index is -4.89. The van der Waals surface area contributed by atoms with Crippen LogP contribution in [0.2, 0.25) is 0 Å². The van der Waals surface area contributed by atoms with E-state index < -0.39 is 16.8 Å². The third-order valence-corrected chi connectivity index (χ3v) is 1.13. The van der Waals surface area contributed by atoms with E-state index in [1.807, 2.05) is 0 Å². The Balaban J connectivity index is 4.32. The quantitative estimate of drug-likeness (QED) is 0.446. The van der Waals surface area contributed by atoms with E-state index in [1.165, 1.54) is 0 Å². The molecule has 0 aliphatic heterocycles. The molecule has 0 rings (SSSR count). The molecule has 54 valence electrons. The standard InChI is InChI=1S/C3HCl2F3O/c4-2(5,1-9)3(6,7)8/h1H. The molecule has 0 aromatic rings. The lowest BCUT2D eigenvalue weighted by Gasteiger charge is -2.14. The van der Waals surface area contributed by atoms with Crippen LogP contribution in [0.25, 0.3) is 0 Å². The topological polar surface area (TPSA) is 17.1 Å². The fourth-order valence-corrected chi connectivity index (χ4v) is 0.0668. The van der Waals surface area contributed by atoms with Gasteiger partial charge >= 0.3 is 6.18 Å². The van der Waals surface area contributed by atoms with Gasteiger partial charge in [-0.15, -0.1) is 0 Å². The van der Waals surface area contributed by atoms with Crippen molar-refractivity contribution in [2.24, 2.45) is 0 Å². The predicted molar refractivity (Wildman–Crippen MR) is 26.6 cm³/mol. The zero-order valence-electron chi connectivity index (χ0n) is 3.88. The van der Waals surface area contributed by atoms with Crippen LogP contribution in [-0.4, -0.2) is 16.8 Å². The van der Waals surface area contributed by atoms with Crippen LogP contribution in [0.5, 0.6) is 0 Å². The van der Waals surface area contributed by atoms with Crippen molar-refractivity contribution in [1.29, 1.82) is 0 Å². The van der Waals surface area contributed by atoms with Crippen LogP contribution < -0.4 is 0 Å². The monoisotopic (exact) mass is 180 g/mol. The molecule has 1 nitrogen and oxygen atoms in total. The molecule has 0 aliphatic carbocycles. The molecule has 0 unspecified atom stereocenters. The van der Waals surface area contributed by atoms with Crippen molar-refractivity contribution < 1.29 is 18.0 Å². The molecule has 0 aromatic carbocycles. The highest BCUT2D eigenvalue weighted by molar-refractivity contribution is 6.56. The third kappa shape index (κ3) is 2.02. The zero-order valence-corrected chi connectivity index (χ0v) is 5.39. The molecular weight excluding hydrogens is 180 g/mol. The first-order chi connectivity index (χ1) is 3.81. The summed E-state index contributed by atoms with van der Waals surface area (Å²) in [5, 5.41) is 0. The second-order valence-corrected chi connectivity index (χ2v) is 2.62. The SMILES string of the molecule is O=CC(Cl)(Cl)C(F)(F)F. The smallest absolute Gasteiger partial charge is 0.300 e. The average Bonchev–Trinajstić information content (AvgIpc) is 1.64. The summed E-state index contributed by atoms with van der Waals surface area (Å²) >= 11 is 8.94. The van der Waals surface area contributed by atoms with Gasteiger partial charge in [0.2, 0.25) is 0 Å². The maximum absolute atomic E-state index is 11.3. The molecule has 0 spiro atoms. The van der Waals surface area contributed by atoms with E-state index in [-0.39, 0.29) is 0 Å². The van der Waals surface area contributed by atoms with Crippen LogP contribution in [0.1, 0.15) is 0 Å². The van der Waals surface area contributed by atoms with Gasteiger partial charge in [-0.2, -0.15) is 13.2 Å². The van der Waals surface area contributed by atoms with Crippen molar-refractivity contribution in [2.45, 2.75) is 10.5 Å². The number of hydrogen-bond donors (Lipinski definition) is 0. The summed E-state index contributed by atoms with van der Waals surface area (Å²) in [6.07, 6.45) is -5.46. The molecule has 0 aliphatic rings. The molecular formula is C3HCl2F3O. The van der Waals surface area contributed by atoms with Gasteiger partial charge < -0.3 is 0 Å². The number of halogens is 5. The van der Waals surface area contributed by atoms with E-state index in [0.717, 1.165) is 0 Å². The Morgan fingerprint density at radius 2 is 1.56 bits per heavy atom. The number of alkyl halides is 5. The Morgan fingerprint density at radius 3 is 1.56 bits per heavy atom. The van der Waals surface area contributed by atoms with Gasteiger partial charge in [-0.05, 0) is 0 Å². The Labute approximate surface area is 58.7 Å². The Bertz CT molecular complexity index is 119. The van der Waals surface area contributed by atoms with E-state index in [0.29, 0.717) is 0 Å². The highest BCUT2D eigenvalue weighted by atomic mass is 35.5. The lowest BCUT2D eigenvalue weighted by molar-refractivity contribution is -0.149. The minimum Gasteiger partial charge on any atom is -0.300 e. The maximum atomic E-state index is 11.3. The first-order valence-electron chi connectivity index (χ1n) is 1.72. The van der Waals surface area contributed by atoms with Crippen LogP contribution in [-0.2, 0) is 4.79 Å². The molecule has 0 fully saturated rings. The lowest BCUT2D eigenvalue weighted by atomic mass is 10.4. The fraction of sp³-hybridized carbons (Fsp3) is 0.667. The van der Waals surface area contributed by atoms with Crippen LogP contribution in [0.15, 0.2) is 0 Å². The lowest BCUT2D eigenvalue weighted by Crippen LogP contribution is -2.35. The molecule has 0 N–H and O–H groups in total. The van der Waals surface area contributed by atoms with Gasteiger partial charge in [-0.1, -0.05) is 23.2 Å². The Morgan fingerprint density at radius 1 is 1.22 bits per heavy atom. The average molecular weight is 181 g/mol. The molecule has 9 heavy (non-hydrogen) atoms. The second-order valence-electron chi connectivity index (χ2n) is 1.24. The Hall–Kier alpha value is 0.0400. The van der Waals surface area contributed by atoms with Gasteiger partial charge in [0, 0.05) is 0 Å². The molecule has 0 aromatic heterocycles. The number of carbonyl (C=O) groups excluding carboxylic acids is 1. The zero-order chi connectivity index (χ0) is 7.71. The number of carbonyl (C=O) groups is 1. The van der Waals surface area contributed by atoms with Crippen molar-refractivity contribution in [3.63, 3.8) is 0 Å². The Kier molecular flexibility index (Phi) is 2.35. The van der Waals surface area contributed by atoms with Gasteiger partial charge in [0.05, 0.1) is 0 Å². The molecule has 0 amide bonds. The molecule has 0 radical (unpaired) electrons. The van der Waals surface area contributed by atoms with Crippen molar-refractivity contribution in [3.05, 3.63) is 0 Å². The summed E-state index contributed by atoms with van der Waals surface area (Å²) in [5.41, 5.74) is 0. The first kappa shape index (κ1) is 9.04. The highest BCUT2D eigenvalue weighted by Crippen LogP contribution is 2.37. The molecule has 0 bridgehead atoms. The first-order valence-corrected chi connectivity index (χ1v) is 2.48. The molecule has 0 atom stereocenters. The van der Waals surface area contributed by atoms with Crippen LogP contribution >= 0.6 is 23.2 Å². The van der Waals surface area contributed by atoms with E-state index in [1.54, 1.807) is 0 Å². The van der Waals surface area contributed by atoms with Crippen LogP contribution in [0, 0.1) is 0 Å². The largest absolute Gasteiger partial charge is 0.428 e. The minimum absolute atomic E-state index is 0.573. The summed E-state index contributed by atoms with van der Waals surface area (Å²) in [6, 6.07) is 0. The number of aldehydes is 1. The molecule has 0 saturated heterocycles. The number of hydrogen-bond acceptors (Lipinski definition) is 1. The summed E-state index contributed by atoms with van der Waals surface area (Å²) in [7, 11) is 0. The molecule has 0 heterocycles. The summed E-state index contributed by atoms with van der Waals surface area (Å²) < 4.78 is 30.8. The van der Waals surface area contributed by atoms with Gasteiger partial charge in [-0.3, -0.25) is 4.79 Å². The fourth-order valence-electron chi connectivity index (χ4n) is 0.0668. The van der Waals surface area contributed by atoms with E-state index in [9.17, 15) is 18.0 Å². The predicted octanol–water partition coefficient (Wildman–Crippen LogP) is 1.92. The normalized spacial score (nSPS) is 13.4. The summed E-state index contributed by atoms with van der Waals surface area (Å²) in [6.45, 7) is 0. The third-order valence-electron chi connectivity index (χ3n) is 0.526. The van der Waals surface area contributed by atoms with E-state index in [4.69, 9.17) is 0 Å². The highest BCUT2D eigenvalue weighted by Gasteiger charge is 2.52. The van der Waals surface area contributed by atoms with Gasteiger partial charge in [0.25, 0.3) is 4.33 Å². The second kappa shape index (κ2) is 2.34. The molecule has 0 saturated carbocycles. The van der Waals surface area contributed by atoms with Crippen molar-refractivity contribution in [1.82, 2.24) is 0 Å². The van der Waals surface area contributed by atoms with E-state index in [2.05, 4.69) is 23.2 Å². The number of rotatable bonds is 1. The van der Waals surface area contributed by atoms with Gasteiger partial charge in [0.15, 0.2) is 6.29 Å². The van der Waals surface area contributed by atoms with Crippen LogP contribution in [0.3, 0.4) is 0 Å². The van der Waals surface area contributed by atoms with Gasteiger partial charge in [-0.25, -0.2) is 0 Å². The van der Waals surface area contributed by atoms with Crippen molar-refractivity contribution >= 4 is 29.5 Å². The maximum Gasteiger partial charge on any atom is 0.428 e. The van der Waals surface area contributed by atoms with Crippen molar-refractivity contribution in [3.8, 4) is 0 Å². The van der Waals surface area contributed by atoms with E-state index >= 15 is 0 Å². The summed E-state index contributed by atoms with van der Waals surface area (Å²) in [5.74, 6) is 0.